The molecule has 0 unspecified atom stereocenters. The fraction of sp³-hybridized carbons (Fsp3) is 0.182. The molecule has 0 aliphatic heterocycles. The van der Waals surface area contributed by atoms with E-state index in [1.165, 1.54) is 27.6 Å². The van der Waals surface area contributed by atoms with Gasteiger partial charge < -0.3 is 0 Å². The summed E-state index contributed by atoms with van der Waals surface area (Å²) in [6.07, 6.45) is 2.65. The summed E-state index contributed by atoms with van der Waals surface area (Å²) in [4.78, 5) is 11.3. The van der Waals surface area contributed by atoms with Gasteiger partial charge in [0.05, 0.1) is 5.39 Å². The van der Waals surface area contributed by atoms with Gasteiger partial charge in [-0.2, -0.15) is 0 Å². The van der Waals surface area contributed by atoms with Gasteiger partial charge in [0.2, 0.25) is 0 Å². The molecule has 136 valence electrons. The van der Waals surface area contributed by atoms with Crippen molar-refractivity contribution in [1.82, 2.24) is 9.97 Å². The molecule has 0 amide bonds. The van der Waals surface area contributed by atoms with Crippen LogP contribution in [0, 0.1) is 12.7 Å². The zero-order valence-electron chi connectivity index (χ0n) is 15.2. The quantitative estimate of drug-likeness (QED) is 0.279. The number of fused-ring (bicyclic) bond motifs is 1. The Morgan fingerprint density at radius 1 is 1.04 bits per heavy atom. The number of aromatic nitrogens is 2. The van der Waals surface area contributed by atoms with Crippen LogP contribution in [-0.2, 0) is 12.2 Å². The molecule has 5 heteroatoms. The van der Waals surface area contributed by atoms with Crippen molar-refractivity contribution in [3.05, 3.63) is 76.7 Å². The maximum absolute atomic E-state index is 13.5. The van der Waals surface area contributed by atoms with Crippen molar-refractivity contribution in [2.75, 3.05) is 0 Å². The lowest BCUT2D eigenvalue weighted by Crippen LogP contribution is -1.89. The molecule has 0 bridgehead atoms. The highest BCUT2D eigenvalue weighted by Crippen LogP contribution is 2.41. The van der Waals surface area contributed by atoms with Gasteiger partial charge in [-0.05, 0) is 42.2 Å². The van der Waals surface area contributed by atoms with Crippen molar-refractivity contribution in [2.24, 2.45) is 0 Å². The number of thiophene rings is 1. The standard InChI is InChI=1S/C22H19FN2S2/c1-3-15-7-9-17(10-8-15)19-14(2)27-22-20(19)21(24-13-25-22)26-12-16-5-4-6-18(23)11-16/h4-11,13H,3,12H2,1-2H3. The average molecular weight is 395 g/mol. The van der Waals surface area contributed by atoms with Crippen LogP contribution in [0.15, 0.2) is 59.9 Å². The first-order valence-corrected chi connectivity index (χ1v) is 10.7. The molecule has 0 aliphatic carbocycles. The normalized spacial score (nSPS) is 11.2. The predicted molar refractivity (Wildman–Crippen MR) is 113 cm³/mol. The minimum atomic E-state index is -0.205. The van der Waals surface area contributed by atoms with Crippen LogP contribution in [0.2, 0.25) is 0 Å². The lowest BCUT2D eigenvalue weighted by Gasteiger charge is -2.07. The van der Waals surface area contributed by atoms with Gasteiger partial charge in [0.15, 0.2) is 0 Å². The number of hydrogen-bond donors (Lipinski definition) is 0. The van der Waals surface area contributed by atoms with Crippen molar-refractivity contribution in [3.8, 4) is 11.1 Å². The average Bonchev–Trinajstić information content (AvgIpc) is 3.03. The van der Waals surface area contributed by atoms with Crippen LogP contribution in [-0.4, -0.2) is 9.97 Å². The number of halogens is 1. The Kier molecular flexibility index (Phi) is 5.23. The van der Waals surface area contributed by atoms with Crippen LogP contribution in [0.1, 0.15) is 22.9 Å². The molecule has 0 fully saturated rings. The SMILES string of the molecule is CCc1ccc(-c2c(C)sc3ncnc(SCc4cccc(F)c4)c23)cc1. The Bertz CT molecular complexity index is 1090. The Balaban J connectivity index is 1.75. The molecule has 4 aromatic rings. The molecule has 2 aromatic carbocycles. The van der Waals surface area contributed by atoms with Gasteiger partial charge in [-0.25, -0.2) is 14.4 Å². The number of benzene rings is 2. The summed E-state index contributed by atoms with van der Waals surface area (Å²) in [5.41, 5.74) is 4.68. The van der Waals surface area contributed by atoms with E-state index in [9.17, 15) is 4.39 Å². The molecule has 2 nitrogen and oxygen atoms in total. The van der Waals surface area contributed by atoms with Crippen molar-refractivity contribution in [2.45, 2.75) is 31.0 Å². The van der Waals surface area contributed by atoms with Crippen molar-refractivity contribution < 1.29 is 4.39 Å². The van der Waals surface area contributed by atoms with E-state index in [0.717, 1.165) is 27.2 Å². The third kappa shape index (κ3) is 3.75. The number of nitrogens with zero attached hydrogens (tertiary/aromatic N) is 2. The van der Waals surface area contributed by atoms with Gasteiger partial charge in [-0.3, -0.25) is 0 Å². The van der Waals surface area contributed by atoms with E-state index in [1.54, 1.807) is 41.6 Å². The van der Waals surface area contributed by atoms with E-state index in [1.807, 2.05) is 6.07 Å². The zero-order chi connectivity index (χ0) is 18.8. The maximum Gasteiger partial charge on any atom is 0.128 e. The van der Waals surface area contributed by atoms with E-state index in [-0.39, 0.29) is 5.82 Å². The van der Waals surface area contributed by atoms with E-state index >= 15 is 0 Å². The van der Waals surface area contributed by atoms with Gasteiger partial charge in [0.25, 0.3) is 0 Å². The molecular weight excluding hydrogens is 375 g/mol. The molecular formula is C22H19FN2S2. The third-order valence-electron chi connectivity index (χ3n) is 4.54. The Morgan fingerprint density at radius 3 is 2.59 bits per heavy atom. The number of rotatable bonds is 5. The second kappa shape index (κ2) is 7.79. The lowest BCUT2D eigenvalue weighted by molar-refractivity contribution is 0.626. The summed E-state index contributed by atoms with van der Waals surface area (Å²) < 4.78 is 13.5. The van der Waals surface area contributed by atoms with Gasteiger partial charge in [0.1, 0.15) is 22.0 Å². The first kappa shape index (κ1) is 18.1. The van der Waals surface area contributed by atoms with Crippen molar-refractivity contribution >= 4 is 33.3 Å². The number of thioether (sulfide) groups is 1. The van der Waals surface area contributed by atoms with E-state index in [0.29, 0.717) is 5.75 Å². The summed E-state index contributed by atoms with van der Waals surface area (Å²) in [5, 5.41) is 2.05. The molecule has 0 saturated heterocycles. The molecule has 0 spiro atoms. The smallest absolute Gasteiger partial charge is 0.128 e. The van der Waals surface area contributed by atoms with Crippen LogP contribution in [0.3, 0.4) is 0 Å². The minimum Gasteiger partial charge on any atom is -0.229 e. The highest BCUT2D eigenvalue weighted by Gasteiger charge is 2.17. The molecule has 0 aliphatic rings. The Hall–Kier alpha value is -2.24. The van der Waals surface area contributed by atoms with Gasteiger partial charge >= 0.3 is 0 Å². The maximum atomic E-state index is 13.5. The Labute approximate surface area is 166 Å². The van der Waals surface area contributed by atoms with E-state index in [2.05, 4.69) is 48.1 Å². The first-order valence-electron chi connectivity index (χ1n) is 8.86. The van der Waals surface area contributed by atoms with Crippen LogP contribution in [0.5, 0.6) is 0 Å². The zero-order valence-corrected chi connectivity index (χ0v) is 16.8. The molecule has 0 radical (unpaired) electrons. The van der Waals surface area contributed by atoms with E-state index < -0.39 is 0 Å². The van der Waals surface area contributed by atoms with Crippen molar-refractivity contribution in [1.29, 1.82) is 0 Å². The second-order valence-electron chi connectivity index (χ2n) is 6.36. The molecule has 4 rings (SSSR count). The third-order valence-corrected chi connectivity index (χ3v) is 6.62. The molecule has 0 atom stereocenters. The molecule has 2 heterocycles. The number of hydrogen-bond acceptors (Lipinski definition) is 4. The van der Waals surface area contributed by atoms with Gasteiger partial charge in [0, 0.05) is 16.2 Å². The van der Waals surface area contributed by atoms with Crippen LogP contribution in [0.25, 0.3) is 21.3 Å². The van der Waals surface area contributed by atoms with Crippen LogP contribution < -0.4 is 0 Å². The summed E-state index contributed by atoms with van der Waals surface area (Å²) in [7, 11) is 0. The number of aryl methyl sites for hydroxylation is 2. The highest BCUT2D eigenvalue weighted by atomic mass is 32.2. The monoisotopic (exact) mass is 394 g/mol. The molecule has 2 aromatic heterocycles. The molecule has 0 N–H and O–H groups in total. The summed E-state index contributed by atoms with van der Waals surface area (Å²) >= 11 is 3.33. The lowest BCUT2D eigenvalue weighted by atomic mass is 10.0. The predicted octanol–water partition coefficient (Wildman–Crippen LogP) is 6.66. The summed E-state index contributed by atoms with van der Waals surface area (Å²) in [6.45, 7) is 4.30. The largest absolute Gasteiger partial charge is 0.229 e. The minimum absolute atomic E-state index is 0.205. The van der Waals surface area contributed by atoms with Gasteiger partial charge in [-0.15, -0.1) is 23.1 Å². The summed E-state index contributed by atoms with van der Waals surface area (Å²) in [5.74, 6) is 0.469. The molecule has 27 heavy (non-hydrogen) atoms. The summed E-state index contributed by atoms with van der Waals surface area (Å²) in [6, 6.07) is 15.5. The fourth-order valence-electron chi connectivity index (χ4n) is 3.16. The van der Waals surface area contributed by atoms with Crippen LogP contribution >= 0.6 is 23.1 Å². The molecule has 0 saturated carbocycles. The van der Waals surface area contributed by atoms with E-state index in [4.69, 9.17) is 0 Å². The topological polar surface area (TPSA) is 25.8 Å². The fourth-order valence-corrected chi connectivity index (χ4v) is 5.19. The van der Waals surface area contributed by atoms with Crippen molar-refractivity contribution in [3.63, 3.8) is 0 Å². The second-order valence-corrected chi connectivity index (χ2v) is 8.53. The first-order chi connectivity index (χ1) is 13.2. The van der Waals surface area contributed by atoms with Crippen LogP contribution in [0.4, 0.5) is 4.39 Å². The van der Waals surface area contributed by atoms with Gasteiger partial charge in [-0.1, -0.05) is 43.3 Å². The highest BCUT2D eigenvalue weighted by molar-refractivity contribution is 7.98. The Morgan fingerprint density at radius 2 is 1.85 bits per heavy atom.